The number of nitrogens with zero attached hydrogens (tertiary/aromatic N) is 1. The van der Waals surface area contributed by atoms with Crippen LogP contribution in [0, 0.1) is 5.41 Å². The molecule has 6 heteroatoms. The number of hydrogen-bond acceptors (Lipinski definition) is 4. The monoisotopic (exact) mass is 281 g/mol. The summed E-state index contributed by atoms with van der Waals surface area (Å²) in [5, 5.41) is 19.7. The number of hydrogen-bond donors (Lipinski definition) is 3. The molecule has 1 aliphatic rings. The molecule has 0 bridgehead atoms. The second-order valence-corrected chi connectivity index (χ2v) is 6.33. The van der Waals surface area contributed by atoms with Crippen molar-refractivity contribution >= 4 is 27.4 Å². The van der Waals surface area contributed by atoms with Gasteiger partial charge in [-0.2, -0.15) is 0 Å². The normalized spacial score (nSPS) is 18.9. The molecule has 3 N–H and O–H groups in total. The van der Waals surface area contributed by atoms with Crippen LogP contribution in [0.15, 0.2) is 5.03 Å². The van der Waals surface area contributed by atoms with E-state index in [1.54, 1.807) is 6.92 Å². The summed E-state index contributed by atoms with van der Waals surface area (Å²) in [6, 6.07) is 0. The Morgan fingerprint density at radius 3 is 2.79 bits per heavy atom. The molecule has 1 unspecified atom stereocenters. The Hall–Kier alpha value is -1.56. The predicted octanol–water partition coefficient (Wildman–Crippen LogP) is 0.574. The molecule has 0 radical (unpaired) electrons. The Morgan fingerprint density at radius 2 is 2.21 bits per heavy atom. The fourth-order valence-corrected chi connectivity index (χ4v) is 4.15. The lowest BCUT2D eigenvalue weighted by atomic mass is 10.3. The van der Waals surface area contributed by atoms with Gasteiger partial charge in [0, 0.05) is 0 Å². The third-order valence-corrected chi connectivity index (χ3v) is 5.32. The van der Waals surface area contributed by atoms with E-state index < -0.39 is 0 Å². The highest BCUT2D eigenvalue weighted by molar-refractivity contribution is 8.16. The fourth-order valence-electron chi connectivity index (χ4n) is 2.07. The van der Waals surface area contributed by atoms with Crippen LogP contribution in [-0.4, -0.2) is 32.3 Å². The van der Waals surface area contributed by atoms with Crippen LogP contribution in [-0.2, 0) is 4.74 Å². The number of fused-ring (bicyclic) bond motifs is 1. The third-order valence-electron chi connectivity index (χ3n) is 2.93. The molecule has 0 spiro atoms. The molecule has 19 heavy (non-hydrogen) atoms. The number of aromatic nitrogens is 2. The molecule has 5 nitrogen and oxygen atoms in total. The van der Waals surface area contributed by atoms with Crippen LogP contribution in [0.4, 0.5) is 0 Å². The fraction of sp³-hybridized carbons (Fsp3) is 0.462. The minimum atomic E-state index is -0.266. The maximum absolute atomic E-state index is 9.76. The minimum Gasteiger partial charge on any atom is -0.479 e. The summed E-state index contributed by atoms with van der Waals surface area (Å²) < 4.78 is 5.04. The minimum absolute atomic E-state index is 0.0155. The molecule has 1 aromatic rings. The zero-order valence-electron chi connectivity index (χ0n) is 11.4. The molecule has 2 heterocycles. The van der Waals surface area contributed by atoms with Gasteiger partial charge in [0.05, 0.1) is 12.0 Å². The van der Waals surface area contributed by atoms with Gasteiger partial charge < -0.3 is 14.8 Å². The molecule has 1 aromatic heterocycles. The quantitative estimate of drug-likeness (QED) is 0.706. The van der Waals surface area contributed by atoms with Crippen LogP contribution < -0.4 is 16.2 Å². The number of H-pyrrole nitrogens is 1. The molecule has 0 amide bonds. The maximum Gasteiger partial charge on any atom is 0.305 e. The van der Waals surface area contributed by atoms with Crippen LogP contribution >= 0.6 is 10.5 Å². The first-order valence-electron chi connectivity index (χ1n) is 6.41. The lowest BCUT2D eigenvalue weighted by Crippen LogP contribution is -2.39. The van der Waals surface area contributed by atoms with Gasteiger partial charge in [-0.1, -0.05) is 13.8 Å². The topological polar surface area (TPSA) is 82.0 Å². The Labute approximate surface area is 114 Å². The highest BCUT2D eigenvalue weighted by atomic mass is 32.2. The van der Waals surface area contributed by atoms with Crippen molar-refractivity contribution in [3.63, 3.8) is 0 Å². The highest BCUT2D eigenvalue weighted by Gasteiger charge is 2.15. The summed E-state index contributed by atoms with van der Waals surface area (Å²) in [5.74, 6) is 0.727. The number of aromatic amines is 1. The van der Waals surface area contributed by atoms with E-state index >= 15 is 0 Å². The Morgan fingerprint density at radius 1 is 1.47 bits per heavy atom. The maximum atomic E-state index is 9.76. The molecule has 0 aromatic carbocycles. The number of nitrogens with one attached hydrogen (secondary N) is 2. The van der Waals surface area contributed by atoms with E-state index in [1.165, 1.54) is 4.86 Å². The average molecular weight is 281 g/mol. The molecule has 0 aliphatic carbocycles. The SMILES string of the molecule is CCOC(O)=c1[nH]c2c(nc1=N)S(CC)=C(CC)C=2. The van der Waals surface area contributed by atoms with E-state index in [9.17, 15) is 5.11 Å². The van der Waals surface area contributed by atoms with Gasteiger partial charge in [0.15, 0.2) is 10.8 Å². The summed E-state index contributed by atoms with van der Waals surface area (Å²) in [7, 11) is -0.0155. The van der Waals surface area contributed by atoms with Crippen molar-refractivity contribution in [2.75, 3.05) is 12.4 Å². The van der Waals surface area contributed by atoms with E-state index in [1.807, 2.05) is 0 Å². The van der Waals surface area contributed by atoms with E-state index in [2.05, 4.69) is 29.9 Å². The second-order valence-electron chi connectivity index (χ2n) is 4.06. The van der Waals surface area contributed by atoms with E-state index in [-0.39, 0.29) is 27.3 Å². The van der Waals surface area contributed by atoms with E-state index in [0.717, 1.165) is 22.5 Å². The van der Waals surface area contributed by atoms with Crippen LogP contribution in [0.2, 0.25) is 0 Å². The lowest BCUT2D eigenvalue weighted by molar-refractivity contribution is 0.188. The molecular weight excluding hydrogens is 262 g/mol. The first-order valence-corrected chi connectivity index (χ1v) is 7.81. The molecule has 1 aliphatic heterocycles. The first kappa shape index (κ1) is 13.9. The van der Waals surface area contributed by atoms with Gasteiger partial charge in [0.1, 0.15) is 5.03 Å². The Balaban J connectivity index is 2.69. The van der Waals surface area contributed by atoms with E-state index in [0.29, 0.717) is 6.61 Å². The molecule has 0 saturated heterocycles. The highest BCUT2D eigenvalue weighted by Crippen LogP contribution is 2.27. The second kappa shape index (κ2) is 5.61. The summed E-state index contributed by atoms with van der Waals surface area (Å²) in [5.41, 5.74) is 0.0291. The van der Waals surface area contributed by atoms with Gasteiger partial charge in [-0.25, -0.2) is 4.98 Å². The van der Waals surface area contributed by atoms with Crippen molar-refractivity contribution < 1.29 is 9.84 Å². The number of ether oxygens (including phenoxy) is 1. The van der Waals surface area contributed by atoms with E-state index in [4.69, 9.17) is 10.1 Å². The predicted molar refractivity (Wildman–Crippen MR) is 77.5 cm³/mol. The molecule has 104 valence electrons. The van der Waals surface area contributed by atoms with Crippen LogP contribution in [0.5, 0.6) is 0 Å². The summed E-state index contributed by atoms with van der Waals surface area (Å²) >= 11 is 0. The average Bonchev–Trinajstić information content (AvgIpc) is 2.74. The zero-order chi connectivity index (χ0) is 14.0. The molecule has 0 fully saturated rings. The Bertz CT molecular complexity index is 704. The standard InChI is InChI=1S/C13H19N3O2S/c1-4-8-7-9-12(19(8)6-3)16-11(14)10(15-9)13(17)18-5-2/h7,14-15,17H,4-6H2,1-3H3. The smallest absolute Gasteiger partial charge is 0.305 e. The van der Waals surface area contributed by atoms with Crippen LogP contribution in [0.1, 0.15) is 27.2 Å². The largest absolute Gasteiger partial charge is 0.479 e. The van der Waals surface area contributed by atoms with Gasteiger partial charge in [-0.3, -0.25) is 5.41 Å². The zero-order valence-corrected chi connectivity index (χ0v) is 12.2. The van der Waals surface area contributed by atoms with Crippen molar-refractivity contribution in [2.24, 2.45) is 0 Å². The summed E-state index contributed by atoms with van der Waals surface area (Å²) in [6.07, 6.45) is 3.06. The van der Waals surface area contributed by atoms with Crippen molar-refractivity contribution in [1.29, 1.82) is 5.41 Å². The van der Waals surface area contributed by atoms with Gasteiger partial charge in [0.2, 0.25) is 0 Å². The molecule has 0 saturated carbocycles. The third kappa shape index (κ3) is 2.45. The molecule has 2 rings (SSSR count). The van der Waals surface area contributed by atoms with Gasteiger partial charge in [-0.15, -0.1) is 10.5 Å². The lowest BCUT2D eigenvalue weighted by Gasteiger charge is -2.05. The van der Waals surface area contributed by atoms with Crippen LogP contribution in [0.3, 0.4) is 0 Å². The van der Waals surface area contributed by atoms with Gasteiger partial charge in [-0.05, 0) is 30.0 Å². The Kier molecular flexibility index (Phi) is 4.09. The number of rotatable bonds is 4. The van der Waals surface area contributed by atoms with Gasteiger partial charge in [0.25, 0.3) is 0 Å². The molecule has 1 atom stereocenters. The number of aliphatic hydroxyl groups is 1. The van der Waals surface area contributed by atoms with Crippen molar-refractivity contribution in [1.82, 2.24) is 9.97 Å². The summed E-state index contributed by atoms with van der Waals surface area (Å²) in [6.45, 7) is 6.39. The van der Waals surface area contributed by atoms with Crippen LogP contribution in [0.25, 0.3) is 12.0 Å². The molecular formula is C13H19N3O2S. The van der Waals surface area contributed by atoms with Crippen molar-refractivity contribution in [3.8, 4) is 0 Å². The summed E-state index contributed by atoms with van der Waals surface area (Å²) in [4.78, 5) is 8.76. The number of aliphatic hydroxyl groups excluding tert-OH is 1. The first-order chi connectivity index (χ1) is 9.12. The van der Waals surface area contributed by atoms with Gasteiger partial charge >= 0.3 is 5.95 Å². The van der Waals surface area contributed by atoms with Crippen molar-refractivity contribution in [3.05, 3.63) is 16.2 Å². The van der Waals surface area contributed by atoms with Crippen molar-refractivity contribution in [2.45, 2.75) is 32.2 Å².